The van der Waals surface area contributed by atoms with Crippen LogP contribution in [-0.4, -0.2) is 36.4 Å². The molecule has 3 aliphatic rings. The highest BCUT2D eigenvalue weighted by molar-refractivity contribution is 5.86. The van der Waals surface area contributed by atoms with Crippen LogP contribution in [0.15, 0.2) is 18.2 Å². The summed E-state index contributed by atoms with van der Waals surface area (Å²) in [6.07, 6.45) is 5.38. The zero-order valence-electron chi connectivity index (χ0n) is 12.7. The first-order valence-corrected chi connectivity index (χ1v) is 8.37. The molecule has 0 radical (unpaired) electrons. The van der Waals surface area contributed by atoms with Crippen molar-refractivity contribution >= 4 is 5.91 Å². The summed E-state index contributed by atoms with van der Waals surface area (Å²) in [5.41, 5.74) is 0.155. The molecule has 22 heavy (non-hydrogen) atoms. The van der Waals surface area contributed by atoms with E-state index in [1.54, 1.807) is 18.2 Å². The van der Waals surface area contributed by atoms with E-state index in [2.05, 4.69) is 5.32 Å². The van der Waals surface area contributed by atoms with Crippen molar-refractivity contribution in [2.24, 2.45) is 0 Å². The lowest BCUT2D eigenvalue weighted by atomic mass is 9.85. The predicted molar refractivity (Wildman–Crippen MR) is 81.0 cm³/mol. The van der Waals surface area contributed by atoms with Crippen LogP contribution in [-0.2, 0) is 4.79 Å². The summed E-state index contributed by atoms with van der Waals surface area (Å²) in [7, 11) is 0. The molecule has 5 nitrogen and oxygen atoms in total. The van der Waals surface area contributed by atoms with Gasteiger partial charge in [0.2, 0.25) is 0 Å². The van der Waals surface area contributed by atoms with E-state index >= 15 is 0 Å². The Hall–Kier alpha value is -1.75. The number of benzene rings is 1. The number of phenolic OH excluding ortho intramolecular Hbond substituents is 1. The van der Waals surface area contributed by atoms with Gasteiger partial charge in [-0.3, -0.25) is 9.69 Å². The van der Waals surface area contributed by atoms with Gasteiger partial charge in [-0.1, -0.05) is 0 Å². The quantitative estimate of drug-likeness (QED) is 0.710. The van der Waals surface area contributed by atoms with E-state index in [9.17, 15) is 9.90 Å². The summed E-state index contributed by atoms with van der Waals surface area (Å²) < 4.78 is 6.33. The van der Waals surface area contributed by atoms with Crippen molar-refractivity contribution in [3.8, 4) is 11.5 Å². The lowest BCUT2D eigenvalue weighted by molar-refractivity contribution is -0.967. The monoisotopic (exact) mass is 303 g/mol. The van der Waals surface area contributed by atoms with Gasteiger partial charge in [0.25, 0.3) is 0 Å². The number of phenols is 1. The third kappa shape index (κ3) is 1.92. The third-order valence-electron chi connectivity index (χ3n) is 5.41. The van der Waals surface area contributed by atoms with Crippen LogP contribution in [0.3, 0.4) is 0 Å². The fraction of sp³-hybridized carbons (Fsp3) is 0.588. The minimum absolute atomic E-state index is 0.0163. The Morgan fingerprint density at radius 2 is 2.05 bits per heavy atom. The van der Waals surface area contributed by atoms with Crippen molar-refractivity contribution in [3.05, 3.63) is 23.8 Å². The maximum absolute atomic E-state index is 13.0. The summed E-state index contributed by atoms with van der Waals surface area (Å²) in [4.78, 5) is 14.2. The van der Waals surface area contributed by atoms with Gasteiger partial charge in [0.15, 0.2) is 0 Å². The van der Waals surface area contributed by atoms with Crippen LogP contribution < -0.4 is 15.0 Å². The molecular formula is C17H23N2O3+. The highest BCUT2D eigenvalue weighted by Gasteiger charge is 2.62. The molecule has 3 aliphatic heterocycles. The zero-order valence-corrected chi connectivity index (χ0v) is 12.7. The average Bonchev–Trinajstić information content (AvgIpc) is 2.77. The number of carbonyl (C=O) groups is 1. The highest BCUT2D eigenvalue weighted by Crippen LogP contribution is 2.46. The minimum Gasteiger partial charge on any atom is -0.508 e. The molecule has 0 unspecified atom stereocenters. The van der Waals surface area contributed by atoms with Crippen LogP contribution in [0.2, 0.25) is 0 Å². The summed E-state index contributed by atoms with van der Waals surface area (Å²) in [6, 6.07) is 5.22. The zero-order chi connectivity index (χ0) is 15.2. The molecule has 1 aromatic carbocycles. The number of hydrogen-bond acceptors (Lipinski definition) is 3. The van der Waals surface area contributed by atoms with E-state index in [0.29, 0.717) is 6.54 Å². The van der Waals surface area contributed by atoms with Gasteiger partial charge < -0.3 is 15.2 Å². The molecule has 0 saturated carbocycles. The molecule has 2 saturated heterocycles. The second-order valence-electron chi connectivity index (χ2n) is 6.67. The molecule has 1 amide bonds. The maximum atomic E-state index is 13.0. The Kier molecular flexibility index (Phi) is 3.26. The normalized spacial score (nSPS) is 31.6. The molecule has 2 atom stereocenters. The summed E-state index contributed by atoms with van der Waals surface area (Å²) in [5, 5.41) is 12.9. The van der Waals surface area contributed by atoms with E-state index < -0.39 is 5.72 Å². The number of hydrogen-bond donors (Lipinski definition) is 3. The van der Waals surface area contributed by atoms with Crippen LogP contribution in [0.5, 0.6) is 11.5 Å². The predicted octanol–water partition coefficient (Wildman–Crippen LogP) is 0.543. The van der Waals surface area contributed by atoms with Crippen LogP contribution in [0.25, 0.3) is 0 Å². The van der Waals surface area contributed by atoms with Gasteiger partial charge in [0.1, 0.15) is 11.5 Å². The molecular weight excluding hydrogens is 280 g/mol. The van der Waals surface area contributed by atoms with Gasteiger partial charge in [-0.15, -0.1) is 0 Å². The van der Waals surface area contributed by atoms with Gasteiger partial charge in [-0.05, 0) is 50.3 Å². The summed E-state index contributed by atoms with van der Waals surface area (Å²) in [5.74, 6) is 1.06. The number of piperidine rings is 1. The topological polar surface area (TPSA) is 63.0 Å². The molecule has 0 aliphatic carbocycles. The number of carbonyl (C=O) groups excluding carboxylic acids is 1. The van der Waals surface area contributed by atoms with Gasteiger partial charge in [0, 0.05) is 12.1 Å². The number of fused-ring (bicyclic) bond motifs is 3. The third-order valence-corrected chi connectivity index (χ3v) is 5.41. The Morgan fingerprint density at radius 1 is 1.23 bits per heavy atom. The fourth-order valence-electron chi connectivity index (χ4n) is 4.40. The van der Waals surface area contributed by atoms with Crippen molar-refractivity contribution in [1.82, 2.24) is 5.32 Å². The number of quaternary nitrogens is 1. The largest absolute Gasteiger partial charge is 0.508 e. The molecule has 2 fully saturated rings. The smallest absolute Gasteiger partial charge is 0.328 e. The van der Waals surface area contributed by atoms with Gasteiger partial charge in [-0.25, -0.2) is 0 Å². The number of likely N-dealkylation sites (tertiary alicyclic amines) is 1. The molecule has 118 valence electrons. The van der Waals surface area contributed by atoms with E-state index in [0.717, 1.165) is 50.1 Å². The van der Waals surface area contributed by atoms with Crippen molar-refractivity contribution in [1.29, 1.82) is 0 Å². The number of aromatic hydroxyl groups is 1. The molecule has 1 aromatic rings. The fourth-order valence-corrected chi connectivity index (χ4v) is 4.40. The summed E-state index contributed by atoms with van der Waals surface area (Å²) in [6.45, 7) is 2.66. The van der Waals surface area contributed by atoms with Crippen molar-refractivity contribution < 1.29 is 19.5 Å². The average molecular weight is 303 g/mol. The first-order valence-electron chi connectivity index (χ1n) is 8.37. The Labute approximate surface area is 130 Å². The van der Waals surface area contributed by atoms with Crippen LogP contribution >= 0.6 is 0 Å². The molecule has 4 rings (SSSR count). The second-order valence-corrected chi connectivity index (χ2v) is 6.67. The molecule has 0 bridgehead atoms. The molecule has 0 spiro atoms. The summed E-state index contributed by atoms with van der Waals surface area (Å²) >= 11 is 0. The van der Waals surface area contributed by atoms with Crippen LogP contribution in [0.4, 0.5) is 0 Å². The van der Waals surface area contributed by atoms with Crippen LogP contribution in [0.1, 0.15) is 43.6 Å². The molecule has 3 N–H and O–H groups in total. The van der Waals surface area contributed by atoms with Gasteiger partial charge in [0.05, 0.1) is 19.0 Å². The lowest BCUT2D eigenvalue weighted by Gasteiger charge is -2.39. The maximum Gasteiger partial charge on any atom is 0.328 e. The number of rotatable bonds is 1. The van der Waals surface area contributed by atoms with Crippen molar-refractivity contribution in [2.45, 2.75) is 43.7 Å². The molecule has 3 heterocycles. The van der Waals surface area contributed by atoms with Gasteiger partial charge in [-0.2, -0.15) is 0 Å². The molecule has 0 aromatic heterocycles. The standard InChI is InChI=1S/C17H22N2O3/c20-12-6-7-15-13(11-12)14-5-4-8-18-16(21)17(14,22-15)19-9-2-1-3-10-19/h6-7,11,14,20H,1-5,8-10H2,(H,18,21)/p+1/t14-,17+/m0/s1. The number of ether oxygens (including phenoxy) is 1. The highest BCUT2D eigenvalue weighted by atomic mass is 16.5. The van der Waals surface area contributed by atoms with E-state index in [1.165, 1.54) is 11.3 Å². The van der Waals surface area contributed by atoms with Crippen LogP contribution in [0, 0.1) is 0 Å². The van der Waals surface area contributed by atoms with E-state index in [1.807, 2.05) is 0 Å². The minimum atomic E-state index is -0.840. The van der Waals surface area contributed by atoms with Gasteiger partial charge >= 0.3 is 11.6 Å². The Morgan fingerprint density at radius 3 is 2.86 bits per heavy atom. The first-order chi connectivity index (χ1) is 10.7. The van der Waals surface area contributed by atoms with E-state index in [-0.39, 0.29) is 17.6 Å². The number of amides is 1. The Balaban J connectivity index is 1.82. The second kappa shape index (κ2) is 5.16. The molecule has 5 heteroatoms. The SMILES string of the molecule is O=C1NCCC[C@H]2c3cc(O)ccc3O[C@@]12[NH+]1CCCCC1. The van der Waals surface area contributed by atoms with Crippen molar-refractivity contribution in [2.75, 3.05) is 19.6 Å². The van der Waals surface area contributed by atoms with E-state index in [4.69, 9.17) is 4.74 Å². The lowest BCUT2D eigenvalue weighted by Crippen LogP contribution is -3.23. The number of nitrogens with one attached hydrogen (secondary N) is 2. The first kappa shape index (κ1) is 13.9. The Bertz CT molecular complexity index is 598. The van der Waals surface area contributed by atoms with Crippen molar-refractivity contribution in [3.63, 3.8) is 0 Å².